The first-order valence-electron chi connectivity index (χ1n) is 9.16. The third-order valence-corrected chi connectivity index (χ3v) is 4.81. The van der Waals surface area contributed by atoms with E-state index in [4.69, 9.17) is 0 Å². The predicted molar refractivity (Wildman–Crippen MR) is 101 cm³/mol. The molecule has 2 N–H and O–H groups in total. The third-order valence-electron chi connectivity index (χ3n) is 4.81. The van der Waals surface area contributed by atoms with Crippen LogP contribution in [-0.2, 0) is 0 Å². The SMILES string of the molecule is Cc1ccc(-c2cncc(C(=O)NCC(N3CCNCC3)C(F)(F)F)c2)cc1. The molecule has 1 aromatic carbocycles. The van der Waals surface area contributed by atoms with Gasteiger partial charge in [0.25, 0.3) is 5.91 Å². The Morgan fingerprint density at radius 3 is 2.50 bits per heavy atom. The maximum atomic E-state index is 13.4. The number of aromatic nitrogens is 1. The van der Waals surface area contributed by atoms with Crippen molar-refractivity contribution in [1.29, 1.82) is 0 Å². The molecule has 2 aromatic rings. The van der Waals surface area contributed by atoms with Gasteiger partial charge in [0.1, 0.15) is 6.04 Å². The number of benzene rings is 1. The molecule has 3 rings (SSSR count). The Bertz CT molecular complexity index is 802. The summed E-state index contributed by atoms with van der Waals surface area (Å²) in [4.78, 5) is 17.9. The molecule has 2 heterocycles. The van der Waals surface area contributed by atoms with Gasteiger partial charge in [-0.3, -0.25) is 14.7 Å². The Balaban J connectivity index is 1.69. The van der Waals surface area contributed by atoms with Gasteiger partial charge in [-0.05, 0) is 18.6 Å². The first-order chi connectivity index (χ1) is 13.3. The van der Waals surface area contributed by atoms with E-state index in [-0.39, 0.29) is 5.56 Å². The Labute approximate surface area is 162 Å². The van der Waals surface area contributed by atoms with E-state index in [1.807, 2.05) is 31.2 Å². The second-order valence-corrected chi connectivity index (χ2v) is 6.88. The van der Waals surface area contributed by atoms with Gasteiger partial charge in [-0.1, -0.05) is 29.8 Å². The molecule has 28 heavy (non-hydrogen) atoms. The smallest absolute Gasteiger partial charge is 0.350 e. The minimum absolute atomic E-state index is 0.235. The van der Waals surface area contributed by atoms with Crippen molar-refractivity contribution in [1.82, 2.24) is 20.5 Å². The van der Waals surface area contributed by atoms with Gasteiger partial charge in [0, 0.05) is 50.7 Å². The van der Waals surface area contributed by atoms with Crippen LogP contribution in [0.1, 0.15) is 15.9 Å². The summed E-state index contributed by atoms with van der Waals surface area (Å²) in [6.45, 7) is 3.08. The minimum atomic E-state index is -4.41. The molecule has 0 radical (unpaired) electrons. The topological polar surface area (TPSA) is 57.3 Å². The molecule has 1 amide bonds. The number of pyridine rings is 1. The average molecular weight is 392 g/mol. The van der Waals surface area contributed by atoms with Crippen molar-refractivity contribution < 1.29 is 18.0 Å². The van der Waals surface area contributed by atoms with Gasteiger partial charge >= 0.3 is 6.18 Å². The zero-order valence-corrected chi connectivity index (χ0v) is 15.6. The van der Waals surface area contributed by atoms with Crippen molar-refractivity contribution in [2.75, 3.05) is 32.7 Å². The second kappa shape index (κ2) is 8.70. The molecule has 8 heteroatoms. The molecule has 150 valence electrons. The number of aryl methyl sites for hydroxylation is 1. The Morgan fingerprint density at radius 2 is 1.86 bits per heavy atom. The van der Waals surface area contributed by atoms with Gasteiger partial charge in [-0.25, -0.2) is 0 Å². The normalized spacial score (nSPS) is 16.6. The van der Waals surface area contributed by atoms with E-state index in [1.165, 1.54) is 11.1 Å². The number of amides is 1. The lowest BCUT2D eigenvalue weighted by Gasteiger charge is -2.35. The van der Waals surface area contributed by atoms with E-state index < -0.39 is 24.7 Å². The number of carbonyl (C=O) groups is 1. The molecule has 0 aliphatic carbocycles. The summed E-state index contributed by atoms with van der Waals surface area (Å²) in [6.07, 6.45) is -1.42. The van der Waals surface area contributed by atoms with Gasteiger partial charge in [0.05, 0.1) is 5.56 Å². The van der Waals surface area contributed by atoms with Crippen LogP contribution in [0.25, 0.3) is 11.1 Å². The molecule has 1 aliphatic heterocycles. The van der Waals surface area contributed by atoms with Crippen LogP contribution in [0.4, 0.5) is 13.2 Å². The molecule has 1 unspecified atom stereocenters. The fourth-order valence-corrected chi connectivity index (χ4v) is 3.21. The quantitative estimate of drug-likeness (QED) is 0.822. The number of hydrogen-bond acceptors (Lipinski definition) is 4. The summed E-state index contributed by atoms with van der Waals surface area (Å²) >= 11 is 0. The largest absolute Gasteiger partial charge is 0.405 e. The van der Waals surface area contributed by atoms with Gasteiger partial charge in [0.15, 0.2) is 0 Å². The number of piperazine rings is 1. The number of nitrogens with one attached hydrogen (secondary N) is 2. The molecule has 1 aliphatic rings. The van der Waals surface area contributed by atoms with Crippen molar-refractivity contribution in [2.45, 2.75) is 19.1 Å². The molecule has 1 atom stereocenters. The number of carbonyl (C=O) groups excluding carboxylic acids is 1. The van der Waals surface area contributed by atoms with Crippen LogP contribution in [0.15, 0.2) is 42.7 Å². The Hall–Kier alpha value is -2.45. The number of hydrogen-bond donors (Lipinski definition) is 2. The van der Waals surface area contributed by atoms with Crippen LogP contribution in [-0.4, -0.2) is 60.7 Å². The monoisotopic (exact) mass is 392 g/mol. The molecule has 0 bridgehead atoms. The summed E-state index contributed by atoms with van der Waals surface area (Å²) in [7, 11) is 0. The van der Waals surface area contributed by atoms with Crippen LogP contribution >= 0.6 is 0 Å². The lowest BCUT2D eigenvalue weighted by Crippen LogP contribution is -2.57. The maximum Gasteiger partial charge on any atom is 0.405 e. The lowest BCUT2D eigenvalue weighted by molar-refractivity contribution is -0.183. The van der Waals surface area contributed by atoms with Crippen molar-refractivity contribution in [2.24, 2.45) is 0 Å². The highest BCUT2D eigenvalue weighted by Crippen LogP contribution is 2.25. The first kappa shape index (κ1) is 20.3. The molecule has 1 fully saturated rings. The maximum absolute atomic E-state index is 13.4. The highest BCUT2D eigenvalue weighted by Gasteiger charge is 2.43. The van der Waals surface area contributed by atoms with Crippen molar-refractivity contribution in [3.63, 3.8) is 0 Å². The van der Waals surface area contributed by atoms with E-state index in [9.17, 15) is 18.0 Å². The van der Waals surface area contributed by atoms with E-state index in [0.29, 0.717) is 26.2 Å². The van der Waals surface area contributed by atoms with E-state index in [2.05, 4.69) is 15.6 Å². The summed E-state index contributed by atoms with van der Waals surface area (Å²) in [5.41, 5.74) is 2.97. The van der Waals surface area contributed by atoms with Crippen LogP contribution in [0.3, 0.4) is 0 Å². The summed E-state index contributed by atoms with van der Waals surface area (Å²) in [5.74, 6) is -0.564. The predicted octanol–water partition coefficient (Wildman–Crippen LogP) is 2.62. The Kier molecular flexibility index (Phi) is 6.31. The molecular formula is C20H23F3N4O. The molecule has 0 saturated carbocycles. The molecule has 0 spiro atoms. The number of alkyl halides is 3. The second-order valence-electron chi connectivity index (χ2n) is 6.88. The number of nitrogens with zero attached hydrogens (tertiary/aromatic N) is 2. The Morgan fingerprint density at radius 1 is 1.18 bits per heavy atom. The van der Waals surface area contributed by atoms with Crippen LogP contribution in [0.2, 0.25) is 0 Å². The first-order valence-corrected chi connectivity index (χ1v) is 9.16. The van der Waals surface area contributed by atoms with Crippen LogP contribution in [0, 0.1) is 6.92 Å². The third kappa shape index (κ3) is 5.08. The van der Waals surface area contributed by atoms with Crippen LogP contribution in [0.5, 0.6) is 0 Å². The lowest BCUT2D eigenvalue weighted by atomic mass is 10.0. The fourth-order valence-electron chi connectivity index (χ4n) is 3.21. The standard InChI is InChI=1S/C20H23F3N4O/c1-14-2-4-15(5-3-14)16-10-17(12-25-11-16)19(28)26-13-18(20(21,22)23)27-8-6-24-7-9-27/h2-5,10-12,18,24H,6-9,13H2,1H3,(H,26,28). The van der Waals surface area contributed by atoms with Crippen LogP contribution < -0.4 is 10.6 Å². The average Bonchev–Trinajstić information content (AvgIpc) is 2.68. The van der Waals surface area contributed by atoms with Gasteiger partial charge in [-0.2, -0.15) is 13.2 Å². The number of rotatable bonds is 5. The van der Waals surface area contributed by atoms with Crippen molar-refractivity contribution in [3.05, 3.63) is 53.9 Å². The fraction of sp³-hybridized carbons (Fsp3) is 0.400. The highest BCUT2D eigenvalue weighted by molar-refractivity contribution is 5.95. The van der Waals surface area contributed by atoms with Crippen molar-refractivity contribution in [3.8, 4) is 11.1 Å². The zero-order chi connectivity index (χ0) is 20.1. The highest BCUT2D eigenvalue weighted by atomic mass is 19.4. The summed E-state index contributed by atoms with van der Waals surface area (Å²) in [5, 5.41) is 5.46. The van der Waals surface area contributed by atoms with Gasteiger partial charge in [0.2, 0.25) is 0 Å². The molecule has 5 nitrogen and oxygen atoms in total. The molecule has 1 saturated heterocycles. The number of halogens is 3. The zero-order valence-electron chi connectivity index (χ0n) is 15.6. The summed E-state index contributed by atoms with van der Waals surface area (Å²) < 4.78 is 40.3. The molecule has 1 aromatic heterocycles. The minimum Gasteiger partial charge on any atom is -0.350 e. The van der Waals surface area contributed by atoms with E-state index in [0.717, 1.165) is 16.7 Å². The summed E-state index contributed by atoms with van der Waals surface area (Å²) in [6, 6.07) is 7.66. The van der Waals surface area contributed by atoms with E-state index in [1.54, 1.807) is 12.3 Å². The van der Waals surface area contributed by atoms with E-state index >= 15 is 0 Å². The van der Waals surface area contributed by atoms with Gasteiger partial charge in [-0.15, -0.1) is 0 Å². The van der Waals surface area contributed by atoms with Gasteiger partial charge < -0.3 is 10.6 Å². The molecular weight excluding hydrogens is 369 g/mol. The van der Waals surface area contributed by atoms with Crippen molar-refractivity contribution >= 4 is 5.91 Å².